The van der Waals surface area contributed by atoms with Crippen LogP contribution in [0.15, 0.2) is 12.3 Å². The van der Waals surface area contributed by atoms with Crippen LogP contribution in [0.4, 0.5) is 0 Å². The van der Waals surface area contributed by atoms with Gasteiger partial charge in [0.1, 0.15) is 0 Å². The minimum atomic E-state index is -0.833. The maximum Gasteiger partial charge on any atom is 0.300 e. The molecule has 0 unspecified atom stereocenters. The predicted molar refractivity (Wildman–Crippen MR) is 62.3 cm³/mol. The second-order valence-electron chi connectivity index (χ2n) is 2.42. The molecule has 0 spiro atoms. The van der Waals surface area contributed by atoms with E-state index >= 15 is 0 Å². The van der Waals surface area contributed by atoms with E-state index in [4.69, 9.17) is 41.2 Å². The highest BCUT2D eigenvalue weighted by atomic mass is 16.4. The third kappa shape index (κ3) is 244000. The molecule has 0 fully saturated rings. The fourth-order valence-electron chi connectivity index (χ4n) is 0. The molecule has 8 nitrogen and oxygen atoms in total. The van der Waals surface area contributed by atoms with Gasteiger partial charge in [-0.1, -0.05) is 6.58 Å². The molecule has 0 bridgehead atoms. The van der Waals surface area contributed by atoms with E-state index in [1.165, 1.54) is 0 Å². The van der Waals surface area contributed by atoms with Crippen molar-refractivity contribution in [3.05, 3.63) is 12.3 Å². The molecule has 0 aromatic carbocycles. The highest BCUT2D eigenvalue weighted by Gasteiger charge is 1.67. The van der Waals surface area contributed by atoms with Crippen molar-refractivity contribution < 1.29 is 29.7 Å². The Morgan fingerprint density at radius 3 is 1.00 bits per heavy atom. The van der Waals surface area contributed by atoms with Crippen LogP contribution in [0.1, 0.15) is 20.8 Å². The molecule has 102 valence electrons. The molecule has 8 heteroatoms. The molecule has 0 atom stereocenters. The monoisotopic (exact) mass is 252 g/mol. The molecular formula is C9H20N2O6. The summed E-state index contributed by atoms with van der Waals surface area (Å²) in [6.07, 6.45) is 0. The summed E-state index contributed by atoms with van der Waals surface area (Å²) in [5, 5.41) is 22.2. The Kier molecular flexibility index (Phi) is 27.8. The summed E-state index contributed by atoms with van der Waals surface area (Å²) >= 11 is 0. The van der Waals surface area contributed by atoms with Gasteiger partial charge in [0, 0.05) is 33.0 Å². The summed E-state index contributed by atoms with van der Waals surface area (Å²) in [6, 6.07) is 0. The second-order valence-corrected chi connectivity index (χ2v) is 2.42. The van der Waals surface area contributed by atoms with E-state index in [0.29, 0.717) is 12.2 Å². The van der Waals surface area contributed by atoms with E-state index in [9.17, 15) is 0 Å². The smallest absolute Gasteiger partial charge is 0.300 e. The molecule has 0 aliphatic heterocycles. The molecule has 0 saturated carbocycles. The van der Waals surface area contributed by atoms with Gasteiger partial charge >= 0.3 is 0 Å². The first-order valence-electron chi connectivity index (χ1n) is 4.19. The van der Waals surface area contributed by atoms with Gasteiger partial charge in [-0.15, -0.1) is 0 Å². The molecule has 0 saturated heterocycles. The maximum atomic E-state index is 9.00. The summed E-state index contributed by atoms with van der Waals surface area (Å²) < 4.78 is 0. The Balaban J connectivity index is -0.0000000667. The molecule has 0 amide bonds. The summed E-state index contributed by atoms with van der Waals surface area (Å²) in [6.45, 7) is 6.97. The van der Waals surface area contributed by atoms with Crippen molar-refractivity contribution in [2.24, 2.45) is 11.5 Å². The van der Waals surface area contributed by atoms with E-state index in [0.717, 1.165) is 20.8 Å². The zero-order valence-electron chi connectivity index (χ0n) is 10.1. The minimum absolute atomic E-state index is 0.389. The van der Waals surface area contributed by atoms with Gasteiger partial charge in [0.2, 0.25) is 0 Å². The molecule has 0 heterocycles. The molecule has 0 aliphatic carbocycles. The zero-order valence-corrected chi connectivity index (χ0v) is 10.1. The van der Waals surface area contributed by atoms with Crippen molar-refractivity contribution >= 4 is 17.9 Å². The number of carboxylic acid groups (broad SMARTS) is 3. The van der Waals surface area contributed by atoms with Gasteiger partial charge in [-0.3, -0.25) is 14.4 Å². The summed E-state index contributed by atoms with van der Waals surface area (Å²) in [4.78, 5) is 27.0. The van der Waals surface area contributed by atoms with E-state index in [-0.39, 0.29) is 0 Å². The van der Waals surface area contributed by atoms with Crippen LogP contribution in [0.25, 0.3) is 0 Å². The lowest BCUT2D eigenvalue weighted by molar-refractivity contribution is -0.135. The van der Waals surface area contributed by atoms with Crippen LogP contribution in [-0.4, -0.2) is 39.8 Å². The molecule has 17 heavy (non-hydrogen) atoms. The van der Waals surface area contributed by atoms with Crippen LogP contribution in [-0.2, 0) is 14.4 Å². The predicted octanol–water partition coefficient (Wildman–Crippen LogP) is -0.310. The van der Waals surface area contributed by atoms with Crippen molar-refractivity contribution in [3.63, 3.8) is 0 Å². The standard InChI is InChI=1S/C3H8N2.3C2H4O2/c1-3(5)2-4;3*1-2(3)4/h1-2,4-5H2;3*1H3,(H,3,4). The van der Waals surface area contributed by atoms with E-state index in [1.54, 1.807) is 0 Å². The van der Waals surface area contributed by atoms with Crippen LogP contribution in [0.3, 0.4) is 0 Å². The Hall–Kier alpha value is -2.09. The van der Waals surface area contributed by atoms with E-state index in [1.807, 2.05) is 0 Å². The van der Waals surface area contributed by atoms with Crippen LogP contribution < -0.4 is 11.5 Å². The third-order valence-corrected chi connectivity index (χ3v) is 0.262. The number of hydrogen-bond donors (Lipinski definition) is 5. The molecule has 0 rings (SSSR count). The Bertz CT molecular complexity index is 199. The molecule has 0 aromatic heterocycles. The van der Waals surface area contributed by atoms with Crippen LogP contribution >= 0.6 is 0 Å². The van der Waals surface area contributed by atoms with Crippen molar-refractivity contribution in [1.29, 1.82) is 0 Å². The second kappa shape index (κ2) is 19.5. The van der Waals surface area contributed by atoms with Gasteiger partial charge in [0.15, 0.2) is 0 Å². The van der Waals surface area contributed by atoms with Gasteiger partial charge in [-0.25, -0.2) is 0 Å². The van der Waals surface area contributed by atoms with E-state index in [2.05, 4.69) is 6.58 Å². The fraction of sp³-hybridized carbons (Fsp3) is 0.444. The van der Waals surface area contributed by atoms with Crippen molar-refractivity contribution in [2.75, 3.05) is 6.54 Å². The number of rotatable bonds is 1. The summed E-state index contributed by atoms with van der Waals surface area (Å²) in [7, 11) is 0. The summed E-state index contributed by atoms with van der Waals surface area (Å²) in [5.74, 6) is -2.50. The molecule has 7 N–H and O–H groups in total. The minimum Gasteiger partial charge on any atom is -0.481 e. The Labute approximate surface area is 99.5 Å². The quantitative estimate of drug-likeness (QED) is 0.424. The Morgan fingerprint density at radius 2 is 1.00 bits per heavy atom. The highest BCUT2D eigenvalue weighted by Crippen LogP contribution is 1.59. The van der Waals surface area contributed by atoms with Gasteiger partial charge in [0.05, 0.1) is 0 Å². The largest absolute Gasteiger partial charge is 0.481 e. The number of carboxylic acids is 3. The average Bonchev–Trinajstić information content (AvgIpc) is 2.00. The first-order valence-corrected chi connectivity index (χ1v) is 4.19. The topological polar surface area (TPSA) is 164 Å². The van der Waals surface area contributed by atoms with Gasteiger partial charge in [-0.2, -0.15) is 0 Å². The van der Waals surface area contributed by atoms with Crippen LogP contribution in [0.2, 0.25) is 0 Å². The maximum absolute atomic E-state index is 9.00. The number of hydrogen-bond acceptors (Lipinski definition) is 5. The Morgan fingerprint density at radius 1 is 0.941 bits per heavy atom. The fourth-order valence-corrected chi connectivity index (χ4v) is 0. The van der Waals surface area contributed by atoms with Crippen molar-refractivity contribution in [2.45, 2.75) is 20.8 Å². The number of carbonyl (C=O) groups is 3. The molecule has 0 radical (unpaired) electrons. The van der Waals surface area contributed by atoms with E-state index < -0.39 is 17.9 Å². The summed E-state index contributed by atoms with van der Waals surface area (Å²) in [5.41, 5.74) is 10.5. The lowest BCUT2D eigenvalue weighted by Gasteiger charge is -1.82. The first-order chi connectivity index (χ1) is 7.47. The number of nitrogens with two attached hydrogens (primary N) is 2. The first kappa shape index (κ1) is 24.2. The van der Waals surface area contributed by atoms with Gasteiger partial charge in [-0.05, 0) is 0 Å². The van der Waals surface area contributed by atoms with Gasteiger partial charge < -0.3 is 26.8 Å². The van der Waals surface area contributed by atoms with Crippen LogP contribution in [0.5, 0.6) is 0 Å². The molecule has 0 aliphatic rings. The van der Waals surface area contributed by atoms with Gasteiger partial charge in [0.25, 0.3) is 17.9 Å². The van der Waals surface area contributed by atoms with Crippen molar-refractivity contribution in [1.82, 2.24) is 0 Å². The lowest BCUT2D eigenvalue weighted by atomic mass is 10.5. The number of aliphatic carboxylic acids is 3. The lowest BCUT2D eigenvalue weighted by Crippen LogP contribution is -2.08. The molecule has 0 aromatic rings. The zero-order chi connectivity index (χ0) is 15.0. The highest BCUT2D eigenvalue weighted by molar-refractivity contribution is 5.63. The SMILES string of the molecule is C=C(N)CN.CC(=O)O.CC(=O)O.CC(=O)O. The molecular weight excluding hydrogens is 232 g/mol. The van der Waals surface area contributed by atoms with Crippen molar-refractivity contribution in [3.8, 4) is 0 Å². The average molecular weight is 252 g/mol. The normalized spacial score (nSPS) is 6.59. The third-order valence-electron chi connectivity index (χ3n) is 0.262. The van der Waals surface area contributed by atoms with Crippen LogP contribution in [0, 0.1) is 0 Å².